The molecule has 3 rings (SSSR count). The van der Waals surface area contributed by atoms with Crippen LogP contribution in [0, 0.1) is 6.92 Å². The molecule has 0 bridgehead atoms. The SMILES string of the molecule is Cc1oncc1C(=O)NCc1ccnc(N2CCOCC2)n1. The number of hydrogen-bond acceptors (Lipinski definition) is 7. The van der Waals surface area contributed by atoms with Crippen LogP contribution < -0.4 is 10.2 Å². The van der Waals surface area contributed by atoms with Crippen molar-refractivity contribution >= 4 is 11.9 Å². The summed E-state index contributed by atoms with van der Waals surface area (Å²) in [6.45, 7) is 4.92. The van der Waals surface area contributed by atoms with E-state index in [9.17, 15) is 4.79 Å². The fourth-order valence-electron chi connectivity index (χ4n) is 2.18. The van der Waals surface area contributed by atoms with Gasteiger partial charge >= 0.3 is 0 Å². The van der Waals surface area contributed by atoms with Gasteiger partial charge in [-0.15, -0.1) is 0 Å². The summed E-state index contributed by atoms with van der Waals surface area (Å²) in [5, 5.41) is 6.39. The Bertz CT molecular complexity index is 651. The zero-order chi connectivity index (χ0) is 15.4. The Balaban J connectivity index is 1.63. The van der Waals surface area contributed by atoms with Crippen LogP contribution >= 0.6 is 0 Å². The summed E-state index contributed by atoms with van der Waals surface area (Å²) in [5.41, 5.74) is 1.18. The topological polar surface area (TPSA) is 93.4 Å². The Kier molecular flexibility index (Phi) is 4.29. The summed E-state index contributed by atoms with van der Waals surface area (Å²) in [5.74, 6) is 0.927. The van der Waals surface area contributed by atoms with Crippen molar-refractivity contribution in [1.82, 2.24) is 20.4 Å². The van der Waals surface area contributed by atoms with Crippen molar-refractivity contribution in [2.24, 2.45) is 0 Å². The number of hydrogen-bond donors (Lipinski definition) is 1. The molecule has 0 unspecified atom stereocenters. The Morgan fingerprint density at radius 2 is 2.23 bits per heavy atom. The number of anilines is 1. The molecule has 1 amide bonds. The van der Waals surface area contributed by atoms with Gasteiger partial charge in [-0.25, -0.2) is 9.97 Å². The lowest BCUT2D eigenvalue weighted by Gasteiger charge is -2.26. The summed E-state index contributed by atoms with van der Waals surface area (Å²) in [7, 11) is 0. The van der Waals surface area contributed by atoms with E-state index in [0.29, 0.717) is 37.0 Å². The molecule has 2 aromatic heterocycles. The van der Waals surface area contributed by atoms with Gasteiger partial charge in [0.25, 0.3) is 5.91 Å². The Hall–Kier alpha value is -2.48. The molecule has 0 spiro atoms. The van der Waals surface area contributed by atoms with E-state index in [1.807, 2.05) is 0 Å². The van der Waals surface area contributed by atoms with Gasteiger partial charge in [-0.05, 0) is 13.0 Å². The first kappa shape index (κ1) is 14.5. The summed E-state index contributed by atoms with van der Waals surface area (Å²) >= 11 is 0. The maximum Gasteiger partial charge on any atom is 0.256 e. The molecule has 3 heterocycles. The maximum absolute atomic E-state index is 12.0. The Labute approximate surface area is 127 Å². The lowest BCUT2D eigenvalue weighted by Crippen LogP contribution is -2.37. The van der Waals surface area contributed by atoms with E-state index in [0.717, 1.165) is 18.8 Å². The minimum Gasteiger partial charge on any atom is -0.378 e. The second-order valence-corrected chi connectivity index (χ2v) is 4.93. The summed E-state index contributed by atoms with van der Waals surface area (Å²) < 4.78 is 10.2. The van der Waals surface area contributed by atoms with E-state index in [1.165, 1.54) is 6.20 Å². The van der Waals surface area contributed by atoms with Crippen LogP contribution in [0.5, 0.6) is 0 Å². The van der Waals surface area contributed by atoms with Gasteiger partial charge in [0.15, 0.2) is 0 Å². The highest BCUT2D eigenvalue weighted by Crippen LogP contribution is 2.10. The van der Waals surface area contributed by atoms with Crippen LogP contribution in [0.2, 0.25) is 0 Å². The third-order valence-corrected chi connectivity index (χ3v) is 3.42. The molecule has 1 saturated heterocycles. The van der Waals surface area contributed by atoms with Gasteiger partial charge in [0.05, 0.1) is 31.6 Å². The molecule has 1 fully saturated rings. The number of morpholine rings is 1. The first-order chi connectivity index (χ1) is 10.7. The van der Waals surface area contributed by atoms with Crippen LogP contribution in [-0.4, -0.2) is 47.3 Å². The van der Waals surface area contributed by atoms with Gasteiger partial charge in [0.1, 0.15) is 11.3 Å². The van der Waals surface area contributed by atoms with E-state index in [1.54, 1.807) is 19.2 Å². The molecule has 22 heavy (non-hydrogen) atoms. The standard InChI is InChI=1S/C14H17N5O3/c1-10-12(9-17-22-10)13(20)16-8-11-2-3-15-14(18-11)19-4-6-21-7-5-19/h2-3,9H,4-8H2,1H3,(H,16,20). The highest BCUT2D eigenvalue weighted by atomic mass is 16.5. The molecule has 8 nitrogen and oxygen atoms in total. The normalized spacial score (nSPS) is 14.9. The monoisotopic (exact) mass is 303 g/mol. The molecular formula is C14H17N5O3. The molecule has 1 aliphatic rings. The van der Waals surface area contributed by atoms with Crippen LogP contribution in [0.3, 0.4) is 0 Å². The molecule has 2 aromatic rings. The predicted molar refractivity (Wildman–Crippen MR) is 77.5 cm³/mol. The minimum absolute atomic E-state index is 0.231. The quantitative estimate of drug-likeness (QED) is 0.881. The smallest absolute Gasteiger partial charge is 0.256 e. The van der Waals surface area contributed by atoms with Gasteiger partial charge in [-0.3, -0.25) is 4.79 Å². The van der Waals surface area contributed by atoms with Crippen molar-refractivity contribution < 1.29 is 14.1 Å². The molecule has 1 aliphatic heterocycles. The molecule has 0 atom stereocenters. The van der Waals surface area contributed by atoms with E-state index < -0.39 is 0 Å². The van der Waals surface area contributed by atoms with Gasteiger partial charge < -0.3 is 19.5 Å². The van der Waals surface area contributed by atoms with E-state index in [4.69, 9.17) is 9.26 Å². The number of aryl methyl sites for hydroxylation is 1. The number of nitrogens with zero attached hydrogens (tertiary/aromatic N) is 4. The van der Waals surface area contributed by atoms with Crippen LogP contribution in [-0.2, 0) is 11.3 Å². The third kappa shape index (κ3) is 3.22. The fourth-order valence-corrected chi connectivity index (χ4v) is 2.18. The predicted octanol–water partition coefficient (Wildman–Crippen LogP) is 0.540. The third-order valence-electron chi connectivity index (χ3n) is 3.42. The van der Waals surface area contributed by atoms with Gasteiger partial charge in [-0.2, -0.15) is 0 Å². The molecule has 1 N–H and O–H groups in total. The first-order valence-corrected chi connectivity index (χ1v) is 7.08. The van der Waals surface area contributed by atoms with Crippen molar-refractivity contribution in [1.29, 1.82) is 0 Å². The fraction of sp³-hybridized carbons (Fsp3) is 0.429. The van der Waals surface area contributed by atoms with E-state index in [-0.39, 0.29) is 5.91 Å². The maximum atomic E-state index is 12.0. The second-order valence-electron chi connectivity index (χ2n) is 4.93. The minimum atomic E-state index is -0.231. The van der Waals surface area contributed by atoms with Crippen LogP contribution in [0.4, 0.5) is 5.95 Å². The van der Waals surface area contributed by atoms with Crippen LogP contribution in [0.15, 0.2) is 23.0 Å². The average Bonchev–Trinajstić information content (AvgIpc) is 3.00. The Morgan fingerprint density at radius 3 is 2.95 bits per heavy atom. The number of ether oxygens (including phenoxy) is 1. The van der Waals surface area contributed by atoms with Crippen LogP contribution in [0.25, 0.3) is 0 Å². The molecular weight excluding hydrogens is 286 g/mol. The van der Waals surface area contributed by atoms with Gasteiger partial charge in [0.2, 0.25) is 5.95 Å². The van der Waals surface area contributed by atoms with E-state index in [2.05, 4.69) is 25.3 Å². The van der Waals surface area contributed by atoms with Crippen molar-refractivity contribution in [3.8, 4) is 0 Å². The first-order valence-electron chi connectivity index (χ1n) is 7.08. The largest absolute Gasteiger partial charge is 0.378 e. The summed E-state index contributed by atoms with van der Waals surface area (Å²) in [4.78, 5) is 22.8. The van der Waals surface area contributed by atoms with Crippen molar-refractivity contribution in [3.05, 3.63) is 35.5 Å². The lowest BCUT2D eigenvalue weighted by atomic mass is 10.2. The number of carbonyl (C=O) groups excluding carboxylic acids is 1. The molecule has 0 aromatic carbocycles. The van der Waals surface area contributed by atoms with Crippen molar-refractivity contribution in [2.45, 2.75) is 13.5 Å². The zero-order valence-corrected chi connectivity index (χ0v) is 12.3. The van der Waals surface area contributed by atoms with Gasteiger partial charge in [0, 0.05) is 19.3 Å². The zero-order valence-electron chi connectivity index (χ0n) is 12.3. The van der Waals surface area contributed by atoms with Crippen molar-refractivity contribution in [3.63, 3.8) is 0 Å². The lowest BCUT2D eigenvalue weighted by molar-refractivity contribution is 0.0949. The van der Waals surface area contributed by atoms with Crippen LogP contribution in [0.1, 0.15) is 21.8 Å². The number of amides is 1. The van der Waals surface area contributed by atoms with Gasteiger partial charge in [-0.1, -0.05) is 5.16 Å². The molecule has 116 valence electrons. The highest BCUT2D eigenvalue weighted by Gasteiger charge is 2.15. The van der Waals surface area contributed by atoms with E-state index >= 15 is 0 Å². The number of nitrogens with one attached hydrogen (secondary N) is 1. The highest BCUT2D eigenvalue weighted by molar-refractivity contribution is 5.94. The molecule has 8 heteroatoms. The van der Waals surface area contributed by atoms with Crippen molar-refractivity contribution in [2.75, 3.05) is 31.2 Å². The second kappa shape index (κ2) is 6.52. The molecule has 0 saturated carbocycles. The number of carbonyl (C=O) groups is 1. The average molecular weight is 303 g/mol. The molecule has 0 aliphatic carbocycles. The number of rotatable bonds is 4. The number of aromatic nitrogens is 3. The molecule has 0 radical (unpaired) electrons. The Morgan fingerprint density at radius 1 is 1.41 bits per heavy atom. The summed E-state index contributed by atoms with van der Waals surface area (Å²) in [6.07, 6.45) is 3.10. The summed E-state index contributed by atoms with van der Waals surface area (Å²) in [6, 6.07) is 1.78.